The van der Waals surface area contributed by atoms with Crippen LogP contribution in [0.3, 0.4) is 0 Å². The molecular weight excluding hydrogens is 391 g/mol. The van der Waals surface area contributed by atoms with Gasteiger partial charge in [-0.05, 0) is 40.6 Å². The predicted molar refractivity (Wildman–Crippen MR) is 104 cm³/mol. The summed E-state index contributed by atoms with van der Waals surface area (Å²) in [5.41, 5.74) is 6.11. The second-order valence-corrected chi connectivity index (χ2v) is 7.84. The molecule has 7 heteroatoms. The van der Waals surface area contributed by atoms with Crippen LogP contribution in [0.1, 0.15) is 19.5 Å². The number of primary amides is 1. The molecule has 2 amide bonds. The summed E-state index contributed by atoms with van der Waals surface area (Å²) in [5.74, 6) is 0. The molecule has 0 aliphatic rings. The summed E-state index contributed by atoms with van der Waals surface area (Å²) in [4.78, 5) is 11.9. The average Bonchev–Trinajstić information content (AvgIpc) is 3.25. The largest absolute Gasteiger partial charge is 1.00 e. The Balaban J connectivity index is 0.00000131. The minimum atomic E-state index is -1.08. The Bertz CT molecular complexity index is 1020. The molecule has 0 spiro atoms. The van der Waals surface area contributed by atoms with Crippen LogP contribution in [0.5, 0.6) is 0 Å². The molecule has 2 aromatic heterocycles. The molecule has 2 heterocycles. The van der Waals surface area contributed by atoms with Gasteiger partial charge in [0.2, 0.25) is 0 Å². The fraction of sp³-hybridized carbons (Fsp3) is 0.105. The van der Waals surface area contributed by atoms with Gasteiger partial charge < -0.3 is 7.16 Å². The molecule has 0 bridgehead atoms. The van der Waals surface area contributed by atoms with Crippen LogP contribution >= 0.6 is 22.7 Å². The molecule has 0 saturated carbocycles. The van der Waals surface area contributed by atoms with Gasteiger partial charge in [0.15, 0.2) is 0 Å². The van der Waals surface area contributed by atoms with Crippen molar-refractivity contribution in [3.63, 3.8) is 0 Å². The molecule has 0 aliphatic carbocycles. The van der Waals surface area contributed by atoms with Crippen molar-refractivity contribution in [2.24, 2.45) is 5.73 Å². The van der Waals surface area contributed by atoms with E-state index < -0.39 is 11.6 Å². The van der Waals surface area contributed by atoms with Crippen molar-refractivity contribution in [3.8, 4) is 0 Å². The normalized spacial score (nSPS) is 11.5. The van der Waals surface area contributed by atoms with Crippen molar-refractivity contribution in [1.29, 1.82) is 0 Å². The van der Waals surface area contributed by atoms with Crippen LogP contribution in [0.4, 0.5) is 4.79 Å². The van der Waals surface area contributed by atoms with Gasteiger partial charge in [-0.2, -0.15) is 5.06 Å². The Morgan fingerprint density at radius 1 is 1.00 bits per heavy atom. The van der Waals surface area contributed by atoms with Crippen LogP contribution in [-0.4, -0.2) is 16.3 Å². The third-order valence-electron chi connectivity index (χ3n) is 4.64. The van der Waals surface area contributed by atoms with E-state index >= 15 is 0 Å². The predicted octanol–water partition coefficient (Wildman–Crippen LogP) is 2.27. The smallest absolute Gasteiger partial charge is 1.00 e. The van der Waals surface area contributed by atoms with Crippen LogP contribution < -0.4 is 57.1 Å². The van der Waals surface area contributed by atoms with Crippen molar-refractivity contribution in [2.75, 3.05) is 0 Å². The first-order valence-electron chi connectivity index (χ1n) is 7.75. The molecule has 26 heavy (non-hydrogen) atoms. The zero-order valence-electron chi connectivity index (χ0n) is 15.5. The summed E-state index contributed by atoms with van der Waals surface area (Å²) in [6, 6.07) is 15.0. The van der Waals surface area contributed by atoms with E-state index in [-0.39, 0.29) is 52.8 Å². The molecular formula is C19H17KN2O2S2. The summed E-state index contributed by atoms with van der Waals surface area (Å²) in [6.45, 7) is 1.83. The van der Waals surface area contributed by atoms with Crippen LogP contribution in [-0.2, 0) is 5.54 Å². The summed E-state index contributed by atoms with van der Waals surface area (Å²) < 4.78 is 2.20. The molecule has 0 fully saturated rings. The maximum absolute atomic E-state index is 11.9. The number of benzene rings is 2. The Kier molecular flexibility index (Phi) is 5.91. The number of carbonyl (C=O) groups excluding carboxylic acids is 1. The van der Waals surface area contributed by atoms with Crippen molar-refractivity contribution in [1.82, 2.24) is 5.06 Å². The van der Waals surface area contributed by atoms with Gasteiger partial charge in [0.05, 0.1) is 0 Å². The Morgan fingerprint density at radius 2 is 1.42 bits per heavy atom. The number of rotatable bonds is 3. The Labute approximate surface area is 203 Å². The van der Waals surface area contributed by atoms with Gasteiger partial charge in [-0.15, -0.1) is 22.7 Å². The summed E-state index contributed by atoms with van der Waals surface area (Å²) >= 11 is 3.17. The van der Waals surface area contributed by atoms with Crippen LogP contribution in [0.2, 0.25) is 0 Å². The molecule has 4 rings (SSSR count). The zero-order valence-corrected chi connectivity index (χ0v) is 19.2. The Morgan fingerprint density at radius 3 is 1.85 bits per heavy atom. The Hall–Kier alpha value is -0.774. The van der Waals surface area contributed by atoms with E-state index in [0.29, 0.717) is 5.06 Å². The molecule has 0 aliphatic heterocycles. The van der Waals surface area contributed by atoms with Gasteiger partial charge in [0.25, 0.3) is 0 Å². The average molecular weight is 409 g/mol. The number of hydrogen-bond donors (Lipinski definition) is 2. The summed E-state index contributed by atoms with van der Waals surface area (Å²) in [7, 11) is 0. The number of carbonyl (C=O) groups is 1. The molecule has 0 radical (unpaired) electrons. The second-order valence-electron chi connectivity index (χ2n) is 6.01. The SMILES string of the molecule is CC(c1csc2ccccc12)(c1csc2ccccc12)N(O)C(N)=O.[H-].[K+]. The quantitative estimate of drug-likeness (QED) is 0.310. The van der Waals surface area contributed by atoms with E-state index in [1.807, 2.05) is 66.2 Å². The van der Waals surface area contributed by atoms with Crippen molar-refractivity contribution >= 4 is 48.9 Å². The van der Waals surface area contributed by atoms with Gasteiger partial charge in [-0.25, -0.2) is 4.79 Å². The van der Waals surface area contributed by atoms with E-state index in [2.05, 4.69) is 0 Å². The molecule has 3 N–H and O–H groups in total. The number of nitrogens with two attached hydrogens (primary N) is 1. The van der Waals surface area contributed by atoms with Gasteiger partial charge in [-0.3, -0.25) is 5.21 Å². The number of hydrogen-bond acceptors (Lipinski definition) is 4. The molecule has 128 valence electrons. The zero-order chi connectivity index (χ0) is 17.6. The van der Waals surface area contributed by atoms with E-state index in [9.17, 15) is 10.0 Å². The van der Waals surface area contributed by atoms with Gasteiger partial charge in [0.1, 0.15) is 5.54 Å². The monoisotopic (exact) mass is 408 g/mol. The summed E-state index contributed by atoms with van der Waals surface area (Å²) in [6.07, 6.45) is 0. The van der Waals surface area contributed by atoms with Crippen molar-refractivity contribution < 1.29 is 62.8 Å². The third kappa shape index (κ3) is 3.06. The topological polar surface area (TPSA) is 66.6 Å². The summed E-state index contributed by atoms with van der Waals surface area (Å²) in [5, 5.41) is 17.3. The van der Waals surface area contributed by atoms with Crippen molar-refractivity contribution in [2.45, 2.75) is 12.5 Å². The first-order valence-corrected chi connectivity index (χ1v) is 9.51. The van der Waals surface area contributed by atoms with Crippen LogP contribution in [0.25, 0.3) is 20.2 Å². The molecule has 4 aromatic rings. The standard InChI is InChI=1S/C19H16N2O2S2.K.H/c1-19(21(23)18(20)22,14-10-24-16-8-4-2-6-12(14)16)15-11-25-17-9-5-3-7-13(15)17;;/h2-11,23H,1H3,(H2,20,22);;/q;+1;-1. The third-order valence-corrected chi connectivity index (χ3v) is 6.57. The number of amides is 2. The van der Waals surface area contributed by atoms with Gasteiger partial charge in [0, 0.05) is 20.5 Å². The van der Waals surface area contributed by atoms with Crippen LogP contribution in [0, 0.1) is 0 Å². The molecule has 4 nitrogen and oxygen atoms in total. The maximum atomic E-state index is 11.9. The minimum absolute atomic E-state index is 0. The number of nitrogens with zero attached hydrogens (tertiary/aromatic N) is 1. The number of thiophene rings is 2. The van der Waals surface area contributed by atoms with Crippen molar-refractivity contribution in [3.05, 3.63) is 70.4 Å². The van der Waals surface area contributed by atoms with Gasteiger partial charge >= 0.3 is 57.4 Å². The van der Waals surface area contributed by atoms with Crippen LogP contribution in [0.15, 0.2) is 59.3 Å². The van der Waals surface area contributed by atoms with E-state index in [1.54, 1.807) is 22.7 Å². The molecule has 2 aromatic carbocycles. The van der Waals surface area contributed by atoms with Gasteiger partial charge in [-0.1, -0.05) is 36.4 Å². The van der Waals surface area contributed by atoms with E-state index in [4.69, 9.17) is 5.73 Å². The van der Waals surface area contributed by atoms with E-state index in [0.717, 1.165) is 31.3 Å². The molecule has 0 atom stereocenters. The fourth-order valence-corrected chi connectivity index (χ4v) is 5.43. The number of urea groups is 1. The number of hydroxylamine groups is 2. The van der Waals surface area contributed by atoms with E-state index in [1.165, 1.54) is 0 Å². The second kappa shape index (κ2) is 7.69. The maximum Gasteiger partial charge on any atom is 1.00 e. The number of fused-ring (bicyclic) bond motifs is 2. The first kappa shape index (κ1) is 20.0. The minimum Gasteiger partial charge on any atom is -1.00 e. The first-order chi connectivity index (χ1) is 12.0. The molecule has 0 unspecified atom stereocenters. The molecule has 0 saturated heterocycles. The fourth-order valence-electron chi connectivity index (χ4n) is 3.30.